The molecule has 0 unspecified atom stereocenters. The maximum Gasteiger partial charge on any atom is 0.175 e. The molecule has 0 aromatic heterocycles. The number of nitrogens with two attached hydrogens (primary N) is 1. The van der Waals surface area contributed by atoms with Crippen molar-refractivity contribution in [1.29, 1.82) is 0 Å². The third kappa shape index (κ3) is 3.86. The van der Waals surface area contributed by atoms with Crippen molar-refractivity contribution in [3.8, 4) is 11.5 Å². The highest BCUT2D eigenvalue weighted by molar-refractivity contribution is 9.10. The van der Waals surface area contributed by atoms with Gasteiger partial charge in [-0.25, -0.2) is 0 Å². The highest BCUT2D eigenvalue weighted by Crippen LogP contribution is 2.39. The van der Waals surface area contributed by atoms with E-state index in [1.165, 1.54) is 19.3 Å². The summed E-state index contributed by atoms with van der Waals surface area (Å²) in [6, 6.07) is 3.99. The predicted octanol–water partition coefficient (Wildman–Crippen LogP) is 4.02. The molecule has 1 saturated carbocycles. The first-order chi connectivity index (χ1) is 9.24. The molecular formula is C15H22BrNO2. The number of rotatable bonds is 5. The lowest BCUT2D eigenvalue weighted by molar-refractivity contribution is 0.146. The lowest BCUT2D eigenvalue weighted by atomic mass is 9.98. The van der Waals surface area contributed by atoms with Gasteiger partial charge in [-0.3, -0.25) is 0 Å². The van der Waals surface area contributed by atoms with E-state index in [0.717, 1.165) is 34.4 Å². The minimum absolute atomic E-state index is 0.313. The average Bonchev–Trinajstić information content (AvgIpc) is 2.43. The minimum Gasteiger partial charge on any atom is -0.490 e. The van der Waals surface area contributed by atoms with Crippen molar-refractivity contribution < 1.29 is 9.47 Å². The molecule has 0 spiro atoms. The van der Waals surface area contributed by atoms with E-state index < -0.39 is 0 Å². The summed E-state index contributed by atoms with van der Waals surface area (Å²) in [5.41, 5.74) is 6.75. The molecular weight excluding hydrogens is 306 g/mol. The molecule has 0 amide bonds. The number of ether oxygens (including phenoxy) is 2. The normalized spacial score (nSPS) is 16.4. The van der Waals surface area contributed by atoms with Gasteiger partial charge in [0.15, 0.2) is 11.5 Å². The summed E-state index contributed by atoms with van der Waals surface area (Å²) in [7, 11) is 0. The minimum atomic E-state index is 0.313. The molecule has 1 aliphatic carbocycles. The van der Waals surface area contributed by atoms with E-state index in [1.807, 2.05) is 19.1 Å². The second-order valence-electron chi connectivity index (χ2n) is 4.92. The molecule has 0 aliphatic heterocycles. The molecule has 19 heavy (non-hydrogen) atoms. The molecule has 2 rings (SSSR count). The van der Waals surface area contributed by atoms with E-state index in [1.54, 1.807) is 0 Å². The molecule has 4 heteroatoms. The van der Waals surface area contributed by atoms with Crippen LogP contribution in [0.2, 0.25) is 0 Å². The average molecular weight is 328 g/mol. The lowest BCUT2D eigenvalue weighted by Gasteiger charge is -2.25. The Balaban J connectivity index is 2.20. The topological polar surface area (TPSA) is 44.5 Å². The van der Waals surface area contributed by atoms with Gasteiger partial charge in [0, 0.05) is 6.54 Å². The van der Waals surface area contributed by atoms with Crippen LogP contribution in [0.4, 0.5) is 0 Å². The fraction of sp³-hybridized carbons (Fsp3) is 0.600. The van der Waals surface area contributed by atoms with E-state index in [9.17, 15) is 0 Å². The van der Waals surface area contributed by atoms with Crippen LogP contribution in [-0.2, 0) is 6.54 Å². The Morgan fingerprint density at radius 1 is 1.26 bits per heavy atom. The Kier molecular flexibility index (Phi) is 5.52. The van der Waals surface area contributed by atoms with Crippen LogP contribution < -0.4 is 15.2 Å². The highest BCUT2D eigenvalue weighted by atomic mass is 79.9. The van der Waals surface area contributed by atoms with Crippen molar-refractivity contribution in [1.82, 2.24) is 0 Å². The summed E-state index contributed by atoms with van der Waals surface area (Å²) in [5.74, 6) is 1.62. The molecule has 0 saturated heterocycles. The quantitative estimate of drug-likeness (QED) is 0.888. The van der Waals surface area contributed by atoms with Crippen LogP contribution in [0.3, 0.4) is 0 Å². The Morgan fingerprint density at radius 2 is 2.00 bits per heavy atom. The Hall–Kier alpha value is -0.740. The summed E-state index contributed by atoms with van der Waals surface area (Å²) in [5, 5.41) is 0. The molecule has 3 nitrogen and oxygen atoms in total. The molecule has 2 N–H and O–H groups in total. The summed E-state index contributed by atoms with van der Waals surface area (Å²) >= 11 is 3.58. The fourth-order valence-corrected chi connectivity index (χ4v) is 3.05. The first-order valence-corrected chi connectivity index (χ1v) is 7.85. The number of hydrogen-bond donors (Lipinski definition) is 1. The first kappa shape index (κ1) is 14.7. The number of halogens is 1. The molecule has 1 aromatic rings. The van der Waals surface area contributed by atoms with Gasteiger partial charge in [-0.1, -0.05) is 6.42 Å². The standard InChI is InChI=1S/C15H22BrNO2/c1-2-18-14-9-11(10-17)8-13(16)15(14)19-12-6-4-3-5-7-12/h8-9,12H,2-7,10,17H2,1H3. The number of benzene rings is 1. The molecule has 1 fully saturated rings. The highest BCUT2D eigenvalue weighted by Gasteiger charge is 2.19. The first-order valence-electron chi connectivity index (χ1n) is 7.06. The largest absolute Gasteiger partial charge is 0.490 e. The molecule has 0 atom stereocenters. The van der Waals surface area contributed by atoms with Gasteiger partial charge in [-0.05, 0) is 66.2 Å². The van der Waals surface area contributed by atoms with Crippen LogP contribution in [0.5, 0.6) is 11.5 Å². The van der Waals surface area contributed by atoms with Gasteiger partial charge in [0.05, 0.1) is 17.2 Å². The second-order valence-corrected chi connectivity index (χ2v) is 5.77. The van der Waals surface area contributed by atoms with Gasteiger partial charge >= 0.3 is 0 Å². The predicted molar refractivity (Wildman–Crippen MR) is 80.7 cm³/mol. The van der Waals surface area contributed by atoms with Gasteiger partial charge in [0.25, 0.3) is 0 Å². The number of hydrogen-bond acceptors (Lipinski definition) is 3. The zero-order valence-electron chi connectivity index (χ0n) is 11.5. The van der Waals surface area contributed by atoms with E-state index >= 15 is 0 Å². The Labute approximate surface area is 123 Å². The zero-order chi connectivity index (χ0) is 13.7. The Morgan fingerprint density at radius 3 is 2.63 bits per heavy atom. The molecule has 1 aliphatic rings. The van der Waals surface area contributed by atoms with Crippen molar-refractivity contribution in [2.75, 3.05) is 6.61 Å². The maximum absolute atomic E-state index is 6.16. The van der Waals surface area contributed by atoms with Crippen LogP contribution in [0.1, 0.15) is 44.6 Å². The van der Waals surface area contributed by atoms with Crippen molar-refractivity contribution in [2.24, 2.45) is 5.73 Å². The van der Waals surface area contributed by atoms with Gasteiger partial charge in [0.2, 0.25) is 0 Å². The summed E-state index contributed by atoms with van der Waals surface area (Å²) in [6.07, 6.45) is 6.42. The third-order valence-electron chi connectivity index (χ3n) is 3.44. The van der Waals surface area contributed by atoms with Gasteiger partial charge in [0.1, 0.15) is 0 Å². The zero-order valence-corrected chi connectivity index (χ0v) is 13.0. The van der Waals surface area contributed by atoms with Crippen LogP contribution in [0.15, 0.2) is 16.6 Å². The van der Waals surface area contributed by atoms with E-state index in [-0.39, 0.29) is 0 Å². The maximum atomic E-state index is 6.16. The molecule has 0 bridgehead atoms. The summed E-state index contributed by atoms with van der Waals surface area (Å²) in [6.45, 7) is 3.11. The van der Waals surface area contributed by atoms with Crippen molar-refractivity contribution in [3.05, 3.63) is 22.2 Å². The van der Waals surface area contributed by atoms with E-state index in [4.69, 9.17) is 15.2 Å². The SMILES string of the molecule is CCOc1cc(CN)cc(Br)c1OC1CCCCC1. The Bertz CT molecular complexity index is 417. The van der Waals surface area contributed by atoms with Gasteiger partial charge in [-0.2, -0.15) is 0 Å². The second kappa shape index (κ2) is 7.15. The lowest BCUT2D eigenvalue weighted by Crippen LogP contribution is -2.20. The van der Waals surface area contributed by atoms with Crippen molar-refractivity contribution in [3.63, 3.8) is 0 Å². The fourth-order valence-electron chi connectivity index (χ4n) is 2.47. The third-order valence-corrected chi connectivity index (χ3v) is 4.03. The smallest absolute Gasteiger partial charge is 0.175 e. The van der Waals surface area contributed by atoms with Crippen LogP contribution >= 0.6 is 15.9 Å². The summed E-state index contributed by atoms with van der Waals surface area (Å²) in [4.78, 5) is 0. The van der Waals surface area contributed by atoms with Crippen molar-refractivity contribution in [2.45, 2.75) is 51.7 Å². The van der Waals surface area contributed by atoms with Crippen LogP contribution in [-0.4, -0.2) is 12.7 Å². The monoisotopic (exact) mass is 327 g/mol. The van der Waals surface area contributed by atoms with E-state index in [0.29, 0.717) is 19.3 Å². The van der Waals surface area contributed by atoms with Gasteiger partial charge in [-0.15, -0.1) is 0 Å². The summed E-state index contributed by atoms with van der Waals surface area (Å²) < 4.78 is 12.8. The molecule has 0 heterocycles. The molecule has 0 radical (unpaired) electrons. The van der Waals surface area contributed by atoms with Gasteiger partial charge < -0.3 is 15.2 Å². The molecule has 106 valence electrons. The van der Waals surface area contributed by atoms with Crippen LogP contribution in [0.25, 0.3) is 0 Å². The van der Waals surface area contributed by atoms with Crippen molar-refractivity contribution >= 4 is 15.9 Å². The van der Waals surface area contributed by atoms with Crippen LogP contribution in [0, 0.1) is 0 Å². The molecule has 1 aromatic carbocycles. The van der Waals surface area contributed by atoms with E-state index in [2.05, 4.69) is 15.9 Å².